The van der Waals surface area contributed by atoms with E-state index in [2.05, 4.69) is 5.32 Å². The summed E-state index contributed by atoms with van der Waals surface area (Å²) in [5.74, 6) is -0.383. The average molecular weight is 497 g/mol. The number of allylic oxidation sites excluding steroid dienone is 1. The van der Waals surface area contributed by atoms with Crippen LogP contribution in [0, 0.1) is 0 Å². The first-order valence-corrected chi connectivity index (χ1v) is 12.4. The Morgan fingerprint density at radius 1 is 1.11 bits per heavy atom. The highest BCUT2D eigenvalue weighted by Gasteiger charge is 2.31. The predicted octanol–water partition coefficient (Wildman–Crippen LogP) is 4.92. The van der Waals surface area contributed by atoms with Crippen molar-refractivity contribution in [1.82, 2.24) is 10.2 Å². The van der Waals surface area contributed by atoms with Gasteiger partial charge in [0.15, 0.2) is 0 Å². The minimum atomic E-state index is -0.827. The molecule has 1 heterocycles. The van der Waals surface area contributed by atoms with Crippen LogP contribution >= 0.6 is 0 Å². The molecule has 1 atom stereocenters. The van der Waals surface area contributed by atoms with Crippen LogP contribution in [-0.4, -0.2) is 59.3 Å². The number of aliphatic carboxylic acids is 1. The van der Waals surface area contributed by atoms with E-state index in [9.17, 15) is 14.4 Å². The molecule has 1 fully saturated rings. The normalized spacial score (nSPS) is 16.1. The van der Waals surface area contributed by atoms with Gasteiger partial charge in [-0.05, 0) is 57.9 Å². The van der Waals surface area contributed by atoms with Crippen LogP contribution < -0.4 is 10.1 Å². The second-order valence-corrected chi connectivity index (χ2v) is 10.0. The van der Waals surface area contributed by atoms with Crippen LogP contribution in [0.2, 0.25) is 0 Å². The van der Waals surface area contributed by atoms with Crippen molar-refractivity contribution in [2.45, 2.75) is 64.5 Å². The fourth-order valence-corrected chi connectivity index (χ4v) is 4.04. The summed E-state index contributed by atoms with van der Waals surface area (Å²) in [5, 5.41) is 13.9. The van der Waals surface area contributed by atoms with E-state index in [4.69, 9.17) is 14.6 Å². The van der Waals surface area contributed by atoms with Gasteiger partial charge in [-0.25, -0.2) is 4.79 Å². The van der Waals surface area contributed by atoms with Gasteiger partial charge < -0.3 is 24.8 Å². The second kappa shape index (κ2) is 12.4. The maximum absolute atomic E-state index is 13.2. The standard InChI is InChI=1S/C28H36N2O6/c1-28(2,3)36-27(34)30-17-16-22(18-30)29-26(33)21(11-5-4-6-15-25(31)32)19-35-24-14-9-12-20-10-7-8-13-23(20)24/h7-14,22H,4-6,15-19H2,1-3H3,(H,29,33)(H,31,32). The zero-order chi connectivity index (χ0) is 26.1. The van der Waals surface area contributed by atoms with E-state index in [1.165, 1.54) is 0 Å². The van der Waals surface area contributed by atoms with Gasteiger partial charge in [0.1, 0.15) is 18.0 Å². The van der Waals surface area contributed by atoms with E-state index < -0.39 is 11.6 Å². The quantitative estimate of drug-likeness (QED) is 0.357. The summed E-state index contributed by atoms with van der Waals surface area (Å²) in [5.41, 5.74) is -0.0949. The maximum Gasteiger partial charge on any atom is 0.410 e. The monoisotopic (exact) mass is 496 g/mol. The second-order valence-electron chi connectivity index (χ2n) is 10.0. The molecular weight excluding hydrogens is 460 g/mol. The van der Waals surface area contributed by atoms with Crippen LogP contribution in [0.1, 0.15) is 52.9 Å². The van der Waals surface area contributed by atoms with Crippen molar-refractivity contribution in [3.63, 3.8) is 0 Å². The van der Waals surface area contributed by atoms with Gasteiger partial charge in [-0.2, -0.15) is 0 Å². The van der Waals surface area contributed by atoms with Crippen LogP contribution in [0.25, 0.3) is 10.8 Å². The number of benzene rings is 2. The number of hydrogen-bond donors (Lipinski definition) is 2. The lowest BCUT2D eigenvalue weighted by Gasteiger charge is -2.24. The molecule has 2 N–H and O–H groups in total. The van der Waals surface area contributed by atoms with Gasteiger partial charge in [-0.15, -0.1) is 0 Å². The van der Waals surface area contributed by atoms with Crippen molar-refractivity contribution < 1.29 is 29.0 Å². The summed E-state index contributed by atoms with van der Waals surface area (Å²) < 4.78 is 11.5. The Morgan fingerprint density at radius 3 is 2.61 bits per heavy atom. The summed E-state index contributed by atoms with van der Waals surface area (Å²) >= 11 is 0. The molecule has 0 saturated carbocycles. The number of unbranched alkanes of at least 4 members (excludes halogenated alkanes) is 2. The average Bonchev–Trinajstić information content (AvgIpc) is 3.28. The number of fused-ring (bicyclic) bond motifs is 1. The molecule has 2 aromatic carbocycles. The number of ether oxygens (including phenoxy) is 2. The number of carbonyl (C=O) groups excluding carboxylic acids is 2. The summed E-state index contributed by atoms with van der Waals surface area (Å²) in [6.45, 7) is 6.45. The van der Waals surface area contributed by atoms with E-state index in [0.717, 1.165) is 10.8 Å². The van der Waals surface area contributed by atoms with Crippen molar-refractivity contribution in [2.75, 3.05) is 19.7 Å². The molecule has 0 bridgehead atoms. The van der Waals surface area contributed by atoms with Gasteiger partial charge >= 0.3 is 12.1 Å². The molecule has 3 rings (SSSR count). The van der Waals surface area contributed by atoms with Crippen molar-refractivity contribution in [3.8, 4) is 5.75 Å². The first-order valence-electron chi connectivity index (χ1n) is 12.4. The fourth-order valence-electron chi connectivity index (χ4n) is 4.04. The lowest BCUT2D eigenvalue weighted by Crippen LogP contribution is -2.41. The molecule has 1 aliphatic heterocycles. The SMILES string of the molecule is CC(C)(C)OC(=O)N1CCC(NC(=O)C(=CCCCCC(=O)O)COc2cccc3ccccc23)C1. The Kier molecular flexibility index (Phi) is 9.33. The summed E-state index contributed by atoms with van der Waals surface area (Å²) in [7, 11) is 0. The van der Waals surface area contributed by atoms with Crippen LogP contribution in [-0.2, 0) is 14.3 Å². The first-order chi connectivity index (χ1) is 17.1. The molecule has 0 spiro atoms. The summed E-state index contributed by atoms with van der Waals surface area (Å²) in [4.78, 5) is 37.9. The highest BCUT2D eigenvalue weighted by Crippen LogP contribution is 2.25. The number of hydrogen-bond acceptors (Lipinski definition) is 5. The topological polar surface area (TPSA) is 105 Å². The Labute approximate surface area is 212 Å². The molecule has 8 heteroatoms. The molecule has 0 aromatic heterocycles. The Hall–Kier alpha value is -3.55. The number of nitrogens with zero attached hydrogens (tertiary/aromatic N) is 1. The van der Waals surface area contributed by atoms with Gasteiger partial charge in [-0.1, -0.05) is 42.5 Å². The number of likely N-dealkylation sites (tertiary alicyclic amines) is 1. The van der Waals surface area contributed by atoms with Gasteiger partial charge in [-0.3, -0.25) is 9.59 Å². The van der Waals surface area contributed by atoms with Crippen LogP contribution in [0.4, 0.5) is 4.79 Å². The minimum absolute atomic E-state index is 0.0846. The number of carbonyl (C=O) groups is 3. The van der Waals surface area contributed by atoms with Gasteiger partial charge in [0.05, 0.1) is 5.57 Å². The highest BCUT2D eigenvalue weighted by atomic mass is 16.6. The molecule has 8 nitrogen and oxygen atoms in total. The molecule has 0 radical (unpaired) electrons. The van der Waals surface area contributed by atoms with Crippen LogP contribution in [0.15, 0.2) is 54.1 Å². The largest absolute Gasteiger partial charge is 0.488 e. The molecule has 1 aliphatic rings. The van der Waals surface area contributed by atoms with Gasteiger partial charge in [0.25, 0.3) is 5.91 Å². The molecule has 2 aromatic rings. The fraction of sp³-hybridized carbons (Fsp3) is 0.464. The third-order valence-corrected chi connectivity index (χ3v) is 5.84. The van der Waals surface area contributed by atoms with E-state index in [1.54, 1.807) is 4.90 Å². The Bertz CT molecular complexity index is 1100. The first kappa shape index (κ1) is 27.0. The molecule has 2 amide bonds. The minimum Gasteiger partial charge on any atom is -0.488 e. The molecule has 36 heavy (non-hydrogen) atoms. The van der Waals surface area contributed by atoms with Gasteiger partial charge in [0.2, 0.25) is 0 Å². The maximum atomic E-state index is 13.2. The molecule has 194 valence electrons. The van der Waals surface area contributed by atoms with E-state index in [0.29, 0.717) is 50.1 Å². The van der Waals surface area contributed by atoms with Gasteiger partial charge in [0, 0.05) is 30.9 Å². The Balaban J connectivity index is 1.64. The molecule has 1 saturated heterocycles. The zero-order valence-electron chi connectivity index (χ0n) is 21.3. The van der Waals surface area contributed by atoms with E-state index in [-0.39, 0.29) is 31.1 Å². The summed E-state index contributed by atoms with van der Waals surface area (Å²) in [6, 6.07) is 13.5. The van der Waals surface area contributed by atoms with Crippen molar-refractivity contribution >= 4 is 28.7 Å². The van der Waals surface area contributed by atoms with Crippen molar-refractivity contribution in [3.05, 3.63) is 54.1 Å². The lowest BCUT2D eigenvalue weighted by atomic mass is 10.1. The van der Waals surface area contributed by atoms with E-state index in [1.807, 2.05) is 69.3 Å². The third-order valence-electron chi connectivity index (χ3n) is 5.84. The number of carboxylic acid groups (broad SMARTS) is 1. The Morgan fingerprint density at radius 2 is 1.86 bits per heavy atom. The number of nitrogens with one attached hydrogen (secondary N) is 1. The summed E-state index contributed by atoms with van der Waals surface area (Å²) in [6.07, 6.45) is 3.96. The lowest BCUT2D eigenvalue weighted by molar-refractivity contribution is -0.137. The van der Waals surface area contributed by atoms with Crippen molar-refractivity contribution in [2.24, 2.45) is 0 Å². The van der Waals surface area contributed by atoms with Crippen LogP contribution in [0.5, 0.6) is 5.75 Å². The number of carboxylic acids is 1. The number of amides is 2. The van der Waals surface area contributed by atoms with Crippen LogP contribution in [0.3, 0.4) is 0 Å². The molecular formula is C28H36N2O6. The molecule has 1 unspecified atom stereocenters. The molecule has 0 aliphatic carbocycles. The van der Waals surface area contributed by atoms with Crippen molar-refractivity contribution in [1.29, 1.82) is 0 Å². The zero-order valence-corrected chi connectivity index (χ0v) is 21.3. The third kappa shape index (κ3) is 8.29. The van der Waals surface area contributed by atoms with E-state index >= 15 is 0 Å². The smallest absolute Gasteiger partial charge is 0.410 e. The predicted molar refractivity (Wildman–Crippen MR) is 138 cm³/mol. The number of rotatable bonds is 10. The highest BCUT2D eigenvalue weighted by molar-refractivity contribution is 5.94.